The Labute approximate surface area is 157 Å². The average Bonchev–Trinajstić information content (AvgIpc) is 3.16. The summed E-state index contributed by atoms with van der Waals surface area (Å²) >= 11 is 0. The SMILES string of the molecule is Cc1onc(-c2ccc(F)cc2)c1CCc1cc(C(=O)NC(C)C)n(C)n1. The molecule has 3 aromatic rings. The van der Waals surface area contributed by atoms with Gasteiger partial charge in [0.2, 0.25) is 0 Å². The third-order valence-electron chi connectivity index (χ3n) is 4.32. The first-order valence-electron chi connectivity index (χ1n) is 8.90. The van der Waals surface area contributed by atoms with Crippen molar-refractivity contribution in [2.75, 3.05) is 0 Å². The molecule has 3 rings (SSSR count). The fraction of sp³-hybridized carbons (Fsp3) is 0.350. The number of hydrogen-bond donors (Lipinski definition) is 1. The van der Waals surface area contributed by atoms with E-state index in [0.29, 0.717) is 24.2 Å². The third kappa shape index (κ3) is 4.24. The minimum atomic E-state index is -0.291. The molecule has 27 heavy (non-hydrogen) atoms. The molecule has 1 amide bonds. The largest absolute Gasteiger partial charge is 0.361 e. The lowest BCUT2D eigenvalue weighted by Crippen LogP contribution is -2.31. The monoisotopic (exact) mass is 370 g/mol. The van der Waals surface area contributed by atoms with Crippen LogP contribution in [0.15, 0.2) is 34.9 Å². The van der Waals surface area contributed by atoms with Crippen LogP contribution in [0.2, 0.25) is 0 Å². The van der Waals surface area contributed by atoms with Crippen molar-refractivity contribution in [1.29, 1.82) is 0 Å². The molecule has 0 saturated heterocycles. The molecule has 1 aromatic carbocycles. The molecule has 1 N–H and O–H groups in total. The van der Waals surface area contributed by atoms with E-state index >= 15 is 0 Å². The highest BCUT2D eigenvalue weighted by Gasteiger charge is 2.17. The van der Waals surface area contributed by atoms with Gasteiger partial charge in [-0.15, -0.1) is 0 Å². The van der Waals surface area contributed by atoms with Crippen molar-refractivity contribution in [3.05, 3.63) is 58.9 Å². The first kappa shape index (κ1) is 18.8. The summed E-state index contributed by atoms with van der Waals surface area (Å²) in [7, 11) is 1.76. The molecular formula is C20H23FN4O2. The van der Waals surface area contributed by atoms with Crippen LogP contribution >= 0.6 is 0 Å². The van der Waals surface area contributed by atoms with Crippen LogP contribution < -0.4 is 5.32 Å². The number of nitrogens with zero attached hydrogens (tertiary/aromatic N) is 3. The molecule has 0 bridgehead atoms. The van der Waals surface area contributed by atoms with Crippen LogP contribution in [-0.2, 0) is 19.9 Å². The molecule has 0 atom stereocenters. The summed E-state index contributed by atoms with van der Waals surface area (Å²) in [5.41, 5.74) is 3.82. The smallest absolute Gasteiger partial charge is 0.269 e. The van der Waals surface area contributed by atoms with E-state index in [1.807, 2.05) is 20.8 Å². The van der Waals surface area contributed by atoms with Crippen molar-refractivity contribution in [2.24, 2.45) is 7.05 Å². The molecule has 2 heterocycles. The second-order valence-electron chi connectivity index (χ2n) is 6.85. The van der Waals surface area contributed by atoms with Crippen molar-refractivity contribution in [1.82, 2.24) is 20.3 Å². The number of aryl methyl sites for hydroxylation is 3. The summed E-state index contributed by atoms with van der Waals surface area (Å²) < 4.78 is 20.1. The fourth-order valence-electron chi connectivity index (χ4n) is 2.97. The zero-order chi connectivity index (χ0) is 19.6. The van der Waals surface area contributed by atoms with Crippen LogP contribution in [0.4, 0.5) is 4.39 Å². The molecule has 0 aliphatic carbocycles. The van der Waals surface area contributed by atoms with Gasteiger partial charge < -0.3 is 9.84 Å². The fourth-order valence-corrected chi connectivity index (χ4v) is 2.97. The van der Waals surface area contributed by atoms with Gasteiger partial charge in [0.15, 0.2) is 0 Å². The maximum atomic E-state index is 13.2. The summed E-state index contributed by atoms with van der Waals surface area (Å²) in [5, 5.41) is 11.4. The minimum absolute atomic E-state index is 0.0637. The van der Waals surface area contributed by atoms with Gasteiger partial charge in [-0.2, -0.15) is 5.10 Å². The van der Waals surface area contributed by atoms with Crippen LogP contribution in [0, 0.1) is 12.7 Å². The van der Waals surface area contributed by atoms with E-state index in [2.05, 4.69) is 15.6 Å². The maximum Gasteiger partial charge on any atom is 0.269 e. The summed E-state index contributed by atoms with van der Waals surface area (Å²) in [6.45, 7) is 5.69. The number of benzene rings is 1. The van der Waals surface area contributed by atoms with Crippen molar-refractivity contribution < 1.29 is 13.7 Å². The van der Waals surface area contributed by atoms with Gasteiger partial charge in [-0.05, 0) is 63.9 Å². The predicted octanol–water partition coefficient (Wildman–Crippen LogP) is 3.45. The Morgan fingerprint density at radius 3 is 2.63 bits per heavy atom. The highest BCUT2D eigenvalue weighted by molar-refractivity contribution is 5.92. The van der Waals surface area contributed by atoms with Crippen LogP contribution in [0.1, 0.15) is 41.4 Å². The highest BCUT2D eigenvalue weighted by atomic mass is 19.1. The zero-order valence-corrected chi connectivity index (χ0v) is 15.9. The van der Waals surface area contributed by atoms with Crippen molar-refractivity contribution in [3.8, 4) is 11.3 Å². The highest BCUT2D eigenvalue weighted by Crippen LogP contribution is 2.26. The van der Waals surface area contributed by atoms with Crippen molar-refractivity contribution in [3.63, 3.8) is 0 Å². The number of aromatic nitrogens is 3. The number of hydrogen-bond acceptors (Lipinski definition) is 4. The lowest BCUT2D eigenvalue weighted by Gasteiger charge is -2.07. The molecule has 6 nitrogen and oxygen atoms in total. The Kier molecular flexibility index (Phi) is 5.39. The van der Waals surface area contributed by atoms with E-state index in [-0.39, 0.29) is 17.8 Å². The molecule has 0 radical (unpaired) electrons. The number of halogens is 1. The molecule has 0 aliphatic heterocycles. The van der Waals surface area contributed by atoms with E-state index in [9.17, 15) is 9.18 Å². The van der Waals surface area contributed by atoms with Crippen LogP contribution in [0.25, 0.3) is 11.3 Å². The predicted molar refractivity (Wildman–Crippen MR) is 99.9 cm³/mol. The lowest BCUT2D eigenvalue weighted by molar-refractivity contribution is 0.0933. The third-order valence-corrected chi connectivity index (χ3v) is 4.32. The van der Waals surface area contributed by atoms with Gasteiger partial charge >= 0.3 is 0 Å². The number of carbonyl (C=O) groups is 1. The second-order valence-corrected chi connectivity index (χ2v) is 6.85. The Balaban J connectivity index is 1.77. The van der Waals surface area contributed by atoms with Crippen molar-refractivity contribution in [2.45, 2.75) is 39.7 Å². The average molecular weight is 370 g/mol. The van der Waals surface area contributed by atoms with Gasteiger partial charge in [-0.3, -0.25) is 9.48 Å². The molecule has 0 unspecified atom stereocenters. The van der Waals surface area contributed by atoms with Gasteiger partial charge in [0, 0.05) is 24.2 Å². The summed E-state index contributed by atoms with van der Waals surface area (Å²) in [6, 6.07) is 8.05. The number of carbonyl (C=O) groups excluding carboxylic acids is 1. The van der Waals surface area contributed by atoms with E-state index in [1.54, 1.807) is 29.9 Å². The molecule has 0 spiro atoms. The Morgan fingerprint density at radius 2 is 1.96 bits per heavy atom. The van der Waals surface area contributed by atoms with E-state index in [1.165, 1.54) is 12.1 Å². The van der Waals surface area contributed by atoms with Crippen LogP contribution in [0.3, 0.4) is 0 Å². The van der Waals surface area contributed by atoms with E-state index < -0.39 is 0 Å². The molecule has 0 fully saturated rings. The summed E-state index contributed by atoms with van der Waals surface area (Å²) in [4.78, 5) is 12.2. The van der Waals surface area contributed by atoms with Gasteiger partial charge in [-0.1, -0.05) is 5.16 Å². The van der Waals surface area contributed by atoms with Crippen LogP contribution in [0.5, 0.6) is 0 Å². The van der Waals surface area contributed by atoms with Gasteiger partial charge in [-0.25, -0.2) is 4.39 Å². The first-order chi connectivity index (χ1) is 12.8. The summed E-state index contributed by atoms with van der Waals surface area (Å²) in [5.74, 6) is 0.295. The van der Waals surface area contributed by atoms with Gasteiger partial charge in [0.05, 0.1) is 5.69 Å². The Hall–Kier alpha value is -2.96. The molecule has 2 aromatic heterocycles. The molecule has 0 aliphatic rings. The quantitative estimate of drug-likeness (QED) is 0.721. The standard InChI is InChI=1S/C20H23FN4O2/c1-12(2)22-20(26)18-11-16(23-25(18)4)9-10-17-13(3)27-24-19(17)14-5-7-15(21)8-6-14/h5-8,11-12H,9-10H2,1-4H3,(H,22,26). The van der Waals surface area contributed by atoms with E-state index in [0.717, 1.165) is 22.6 Å². The number of nitrogens with one attached hydrogen (secondary N) is 1. The van der Waals surface area contributed by atoms with Crippen molar-refractivity contribution >= 4 is 5.91 Å². The second kappa shape index (κ2) is 7.73. The first-order valence-corrected chi connectivity index (χ1v) is 8.90. The van der Waals surface area contributed by atoms with E-state index in [4.69, 9.17) is 4.52 Å². The Morgan fingerprint density at radius 1 is 1.26 bits per heavy atom. The molecule has 7 heteroatoms. The van der Waals surface area contributed by atoms with Crippen LogP contribution in [-0.4, -0.2) is 26.9 Å². The molecule has 0 saturated carbocycles. The zero-order valence-electron chi connectivity index (χ0n) is 15.9. The molecule has 142 valence electrons. The number of amides is 1. The maximum absolute atomic E-state index is 13.2. The lowest BCUT2D eigenvalue weighted by atomic mass is 10.0. The number of rotatable bonds is 6. The Bertz CT molecular complexity index is 942. The normalized spacial score (nSPS) is 11.2. The summed E-state index contributed by atoms with van der Waals surface area (Å²) in [6.07, 6.45) is 1.29. The topological polar surface area (TPSA) is 73.0 Å². The van der Waals surface area contributed by atoms with Gasteiger partial charge in [0.25, 0.3) is 5.91 Å². The minimum Gasteiger partial charge on any atom is -0.361 e. The molecular weight excluding hydrogens is 347 g/mol. The van der Waals surface area contributed by atoms with Gasteiger partial charge in [0.1, 0.15) is 23.0 Å².